The van der Waals surface area contributed by atoms with E-state index in [1.54, 1.807) is 0 Å². The molecule has 0 aromatic carbocycles. The molecule has 0 spiro atoms. The van der Waals surface area contributed by atoms with E-state index < -0.39 is 0 Å². The molecule has 2 rings (SSSR count). The van der Waals surface area contributed by atoms with Gasteiger partial charge in [-0.25, -0.2) is 0 Å². The molecule has 0 saturated heterocycles. The smallest absolute Gasteiger partial charge is 0.339 e. The van der Waals surface area contributed by atoms with E-state index >= 15 is 0 Å². The van der Waals surface area contributed by atoms with Crippen molar-refractivity contribution in [2.75, 3.05) is 0 Å². The third-order valence-electron chi connectivity index (χ3n) is 2.28. The number of ketones is 1. The predicted molar refractivity (Wildman–Crippen MR) is 48.1 cm³/mol. The summed E-state index contributed by atoms with van der Waals surface area (Å²) in [5, 5.41) is 0. The molecular formula is C10H8N2O. The van der Waals surface area contributed by atoms with Gasteiger partial charge in [-0.1, -0.05) is 30.4 Å². The van der Waals surface area contributed by atoms with Gasteiger partial charge in [0.2, 0.25) is 0 Å². The molecule has 1 atom stereocenters. The van der Waals surface area contributed by atoms with Gasteiger partial charge in [-0.15, -0.1) is 0 Å². The van der Waals surface area contributed by atoms with Crippen LogP contribution in [-0.2, 0) is 4.79 Å². The lowest BCUT2D eigenvalue weighted by Gasteiger charge is -2.16. The average molecular weight is 172 g/mol. The number of fused-ring (bicyclic) bond motifs is 1. The number of Topliss-reactive ketones (excluding diaryl/α,β-unsaturated/α-hetero) is 1. The lowest BCUT2D eigenvalue weighted by Crippen LogP contribution is -2.28. The topological polar surface area (TPSA) is 53.5 Å². The second-order valence-corrected chi connectivity index (χ2v) is 3.04. The molecule has 13 heavy (non-hydrogen) atoms. The summed E-state index contributed by atoms with van der Waals surface area (Å²) in [5.41, 5.74) is 9.79. The van der Waals surface area contributed by atoms with Gasteiger partial charge in [0, 0.05) is 0 Å². The molecular weight excluding hydrogens is 164 g/mol. The molecule has 3 nitrogen and oxygen atoms in total. The Morgan fingerprint density at radius 1 is 1.46 bits per heavy atom. The summed E-state index contributed by atoms with van der Waals surface area (Å²) in [6.07, 6.45) is 9.81. The molecule has 0 saturated carbocycles. The van der Waals surface area contributed by atoms with Crippen molar-refractivity contribution in [1.29, 1.82) is 0 Å². The summed E-state index contributed by atoms with van der Waals surface area (Å²) < 4.78 is 0. The van der Waals surface area contributed by atoms with Crippen molar-refractivity contribution in [2.45, 2.75) is 6.42 Å². The number of allylic oxidation sites excluding steroid dienone is 6. The molecule has 1 unspecified atom stereocenters. The van der Waals surface area contributed by atoms with Gasteiger partial charge in [-0.2, -0.15) is 4.79 Å². The van der Waals surface area contributed by atoms with Crippen LogP contribution in [-0.4, -0.2) is 16.3 Å². The Bertz CT molecular complexity index is 395. The number of nitrogens with zero attached hydrogens (tertiary/aromatic N) is 2. The van der Waals surface area contributed by atoms with Crippen molar-refractivity contribution < 1.29 is 9.58 Å². The lowest BCUT2D eigenvalue weighted by molar-refractivity contribution is -0.119. The molecule has 2 aliphatic carbocycles. The maximum absolute atomic E-state index is 11.6. The summed E-state index contributed by atoms with van der Waals surface area (Å²) in [6.45, 7) is 0. The van der Waals surface area contributed by atoms with E-state index in [4.69, 9.17) is 5.53 Å². The Balaban J connectivity index is 2.46. The zero-order valence-electron chi connectivity index (χ0n) is 6.97. The Hall–Kier alpha value is -1.73. The van der Waals surface area contributed by atoms with E-state index in [1.807, 2.05) is 30.4 Å². The minimum absolute atomic E-state index is 0.0967. The van der Waals surface area contributed by atoms with Crippen LogP contribution >= 0.6 is 0 Å². The second kappa shape index (κ2) is 2.96. The first-order valence-electron chi connectivity index (χ1n) is 4.13. The first-order valence-corrected chi connectivity index (χ1v) is 4.13. The number of carbonyl (C=O) groups is 1. The number of carbonyl (C=O) groups excluding carboxylic acids is 1. The monoisotopic (exact) mass is 172 g/mol. The zero-order chi connectivity index (χ0) is 9.26. The molecule has 0 bridgehead atoms. The van der Waals surface area contributed by atoms with Gasteiger partial charge >= 0.3 is 5.71 Å². The fraction of sp³-hybridized carbons (Fsp3) is 0.200. The summed E-state index contributed by atoms with van der Waals surface area (Å²) in [6, 6.07) is 0. The third kappa shape index (κ3) is 1.19. The lowest BCUT2D eigenvalue weighted by atomic mass is 9.83. The third-order valence-corrected chi connectivity index (χ3v) is 2.28. The van der Waals surface area contributed by atoms with Crippen molar-refractivity contribution in [1.82, 2.24) is 0 Å². The average Bonchev–Trinajstić information content (AvgIpc) is 2.19. The molecule has 0 heterocycles. The number of hydrogen-bond acceptors (Lipinski definition) is 1. The molecule has 0 N–H and O–H groups in total. The van der Waals surface area contributed by atoms with Crippen LogP contribution in [0.4, 0.5) is 0 Å². The molecule has 0 aromatic heterocycles. The van der Waals surface area contributed by atoms with Crippen LogP contribution in [0.2, 0.25) is 0 Å². The Labute approximate surface area is 75.7 Å². The molecule has 64 valence electrons. The van der Waals surface area contributed by atoms with Gasteiger partial charge < -0.3 is 5.53 Å². The van der Waals surface area contributed by atoms with E-state index in [0.29, 0.717) is 6.42 Å². The fourth-order valence-electron chi connectivity index (χ4n) is 1.58. The molecule has 0 radical (unpaired) electrons. The first-order chi connectivity index (χ1) is 6.33. The van der Waals surface area contributed by atoms with Gasteiger partial charge in [-0.05, 0) is 5.57 Å². The first kappa shape index (κ1) is 7.90. The normalized spacial score (nSPS) is 25.2. The van der Waals surface area contributed by atoms with Crippen LogP contribution in [0, 0.1) is 5.92 Å². The van der Waals surface area contributed by atoms with Gasteiger partial charge in [0.25, 0.3) is 5.78 Å². The van der Waals surface area contributed by atoms with Crippen molar-refractivity contribution in [3.05, 3.63) is 41.5 Å². The van der Waals surface area contributed by atoms with Crippen LogP contribution in [0.3, 0.4) is 0 Å². The summed E-state index contributed by atoms with van der Waals surface area (Å²) in [7, 11) is 0. The van der Waals surface area contributed by atoms with E-state index in [-0.39, 0.29) is 17.4 Å². The number of rotatable bonds is 0. The quantitative estimate of drug-likeness (QED) is 0.401. The summed E-state index contributed by atoms with van der Waals surface area (Å²) in [5.74, 6) is -0.328. The highest BCUT2D eigenvalue weighted by Gasteiger charge is 2.33. The van der Waals surface area contributed by atoms with Crippen LogP contribution < -0.4 is 0 Å². The minimum Gasteiger partial charge on any atom is -0.361 e. The second-order valence-electron chi connectivity index (χ2n) is 3.04. The zero-order valence-corrected chi connectivity index (χ0v) is 6.97. The SMILES string of the molecule is [N-]=[N+]=C1CC=C2C=CC=CC2C1=O. The Morgan fingerprint density at radius 3 is 3.08 bits per heavy atom. The van der Waals surface area contributed by atoms with E-state index in [2.05, 4.69) is 4.79 Å². The van der Waals surface area contributed by atoms with Gasteiger partial charge in [0.1, 0.15) is 0 Å². The minimum atomic E-state index is -0.232. The van der Waals surface area contributed by atoms with Gasteiger partial charge in [0.15, 0.2) is 0 Å². The van der Waals surface area contributed by atoms with Crippen molar-refractivity contribution in [2.24, 2.45) is 5.92 Å². The number of hydrogen-bond donors (Lipinski definition) is 0. The van der Waals surface area contributed by atoms with Crippen molar-refractivity contribution in [3.8, 4) is 0 Å². The fourth-order valence-corrected chi connectivity index (χ4v) is 1.58. The van der Waals surface area contributed by atoms with E-state index in [1.165, 1.54) is 0 Å². The molecule has 0 fully saturated rings. The van der Waals surface area contributed by atoms with E-state index in [9.17, 15) is 4.79 Å². The Morgan fingerprint density at radius 2 is 2.31 bits per heavy atom. The maximum Gasteiger partial charge on any atom is 0.339 e. The Kier molecular flexibility index (Phi) is 1.80. The van der Waals surface area contributed by atoms with Crippen molar-refractivity contribution >= 4 is 11.5 Å². The van der Waals surface area contributed by atoms with Crippen LogP contribution in [0.15, 0.2) is 36.0 Å². The highest BCUT2D eigenvalue weighted by Crippen LogP contribution is 2.24. The van der Waals surface area contributed by atoms with Gasteiger partial charge in [0.05, 0.1) is 12.3 Å². The molecule has 0 aromatic rings. The van der Waals surface area contributed by atoms with Gasteiger partial charge in [-0.3, -0.25) is 4.79 Å². The molecule has 0 amide bonds. The van der Waals surface area contributed by atoms with Crippen LogP contribution in [0.1, 0.15) is 6.42 Å². The van der Waals surface area contributed by atoms with E-state index in [0.717, 1.165) is 5.57 Å². The highest BCUT2D eigenvalue weighted by molar-refractivity contribution is 6.40. The molecule has 0 aliphatic heterocycles. The van der Waals surface area contributed by atoms with Crippen molar-refractivity contribution in [3.63, 3.8) is 0 Å². The summed E-state index contributed by atoms with van der Waals surface area (Å²) in [4.78, 5) is 14.6. The molecule has 2 aliphatic rings. The largest absolute Gasteiger partial charge is 0.361 e. The summed E-state index contributed by atoms with van der Waals surface area (Å²) >= 11 is 0. The van der Waals surface area contributed by atoms with Crippen LogP contribution in [0.25, 0.3) is 5.53 Å². The molecule has 3 heteroatoms. The predicted octanol–water partition coefficient (Wildman–Crippen LogP) is 1.30. The highest BCUT2D eigenvalue weighted by atomic mass is 16.1. The van der Waals surface area contributed by atoms with Crippen LogP contribution in [0.5, 0.6) is 0 Å². The standard InChI is InChI=1S/C10H8N2O/c11-12-9-6-5-7-3-1-2-4-8(7)10(9)13/h1-5,8H,6H2. The maximum atomic E-state index is 11.6.